The fourth-order valence-corrected chi connectivity index (χ4v) is 2.49. The maximum absolute atomic E-state index is 13.2. The van der Waals surface area contributed by atoms with Gasteiger partial charge >= 0.3 is 6.18 Å². The Hall–Kier alpha value is -1.14. The van der Waals surface area contributed by atoms with Gasteiger partial charge in [0.2, 0.25) is 0 Å². The molecule has 0 saturated carbocycles. The molecule has 1 fully saturated rings. The number of rotatable bonds is 4. The number of benzene rings is 1. The van der Waals surface area contributed by atoms with Gasteiger partial charge in [0, 0.05) is 12.6 Å². The van der Waals surface area contributed by atoms with E-state index in [0.717, 1.165) is 31.0 Å². The van der Waals surface area contributed by atoms with E-state index in [2.05, 4.69) is 0 Å². The van der Waals surface area contributed by atoms with Crippen LogP contribution in [0.3, 0.4) is 0 Å². The first-order valence-corrected chi connectivity index (χ1v) is 6.62. The van der Waals surface area contributed by atoms with Crippen LogP contribution in [0, 0.1) is 5.82 Å². The van der Waals surface area contributed by atoms with Gasteiger partial charge in [-0.2, -0.15) is 13.2 Å². The van der Waals surface area contributed by atoms with Crippen LogP contribution in [-0.2, 0) is 10.9 Å². The highest BCUT2D eigenvalue weighted by atomic mass is 19.4. The third-order valence-electron chi connectivity index (χ3n) is 3.54. The molecule has 2 nitrogen and oxygen atoms in total. The minimum absolute atomic E-state index is 0.0592. The summed E-state index contributed by atoms with van der Waals surface area (Å²) in [5.41, 5.74) is 4.77. The molecule has 0 aliphatic carbocycles. The van der Waals surface area contributed by atoms with E-state index < -0.39 is 23.6 Å². The van der Waals surface area contributed by atoms with E-state index in [1.54, 1.807) is 0 Å². The van der Waals surface area contributed by atoms with Gasteiger partial charge in [-0.1, -0.05) is 0 Å². The molecule has 0 bridgehead atoms. The molecule has 0 aromatic heterocycles. The molecule has 1 heterocycles. The van der Waals surface area contributed by atoms with E-state index in [0.29, 0.717) is 19.4 Å². The Morgan fingerprint density at radius 2 is 2.10 bits per heavy atom. The fraction of sp³-hybridized carbons (Fsp3) is 0.571. The predicted octanol–water partition coefficient (Wildman–Crippen LogP) is 3.80. The highest BCUT2D eigenvalue weighted by Gasteiger charge is 2.35. The number of hydrogen-bond donors (Lipinski definition) is 1. The molecule has 112 valence electrons. The molecule has 1 saturated heterocycles. The second-order valence-corrected chi connectivity index (χ2v) is 5.05. The summed E-state index contributed by atoms with van der Waals surface area (Å²) in [7, 11) is 0. The maximum Gasteiger partial charge on any atom is 0.416 e. The van der Waals surface area contributed by atoms with Gasteiger partial charge in [0.1, 0.15) is 5.82 Å². The van der Waals surface area contributed by atoms with Crippen molar-refractivity contribution in [2.45, 2.75) is 44.0 Å². The van der Waals surface area contributed by atoms with Gasteiger partial charge in [0.05, 0.1) is 11.7 Å². The first kappa shape index (κ1) is 15.3. The van der Waals surface area contributed by atoms with Gasteiger partial charge in [-0.3, -0.25) is 0 Å². The third-order valence-corrected chi connectivity index (χ3v) is 3.54. The van der Waals surface area contributed by atoms with Crippen LogP contribution in [0.25, 0.3) is 0 Å². The predicted molar refractivity (Wildman–Crippen MR) is 66.5 cm³/mol. The van der Waals surface area contributed by atoms with Gasteiger partial charge in [-0.05, 0) is 49.4 Å². The van der Waals surface area contributed by atoms with Crippen LogP contribution in [0.2, 0.25) is 0 Å². The summed E-state index contributed by atoms with van der Waals surface area (Å²) in [5.74, 6) is -0.708. The van der Waals surface area contributed by atoms with E-state index in [1.165, 1.54) is 0 Å². The number of hydrogen-bond acceptors (Lipinski definition) is 2. The Bertz CT molecular complexity index is 455. The molecule has 2 unspecified atom stereocenters. The van der Waals surface area contributed by atoms with Gasteiger partial charge in [-0.15, -0.1) is 0 Å². The molecule has 6 heteroatoms. The molecular weight excluding hydrogens is 274 g/mol. The zero-order valence-corrected chi connectivity index (χ0v) is 10.9. The highest BCUT2D eigenvalue weighted by molar-refractivity contribution is 5.32. The van der Waals surface area contributed by atoms with Crippen molar-refractivity contribution in [3.8, 4) is 0 Å². The molecule has 0 spiro atoms. The SMILES string of the molecule is NC(CCC1CCCO1)c1cc(F)ccc1C(F)(F)F. The van der Waals surface area contributed by atoms with Crippen LogP contribution < -0.4 is 5.73 Å². The van der Waals surface area contributed by atoms with Crippen LogP contribution in [0.5, 0.6) is 0 Å². The van der Waals surface area contributed by atoms with Crippen LogP contribution >= 0.6 is 0 Å². The Balaban J connectivity index is 2.11. The average Bonchev–Trinajstić information content (AvgIpc) is 2.87. The summed E-state index contributed by atoms with van der Waals surface area (Å²) < 4.78 is 57.2. The van der Waals surface area contributed by atoms with Crippen molar-refractivity contribution in [2.75, 3.05) is 6.61 Å². The van der Waals surface area contributed by atoms with Crippen LogP contribution in [0.4, 0.5) is 17.6 Å². The maximum atomic E-state index is 13.2. The second-order valence-electron chi connectivity index (χ2n) is 5.05. The van der Waals surface area contributed by atoms with Crippen LogP contribution in [0.15, 0.2) is 18.2 Å². The van der Waals surface area contributed by atoms with Gasteiger partial charge in [-0.25, -0.2) is 4.39 Å². The zero-order chi connectivity index (χ0) is 14.8. The number of halogens is 4. The molecule has 0 amide bonds. The summed E-state index contributed by atoms with van der Waals surface area (Å²) in [6.45, 7) is 0.688. The van der Waals surface area contributed by atoms with Crippen molar-refractivity contribution < 1.29 is 22.3 Å². The largest absolute Gasteiger partial charge is 0.416 e. The summed E-state index contributed by atoms with van der Waals surface area (Å²) >= 11 is 0. The Morgan fingerprint density at radius 1 is 1.35 bits per heavy atom. The summed E-state index contributed by atoms with van der Waals surface area (Å²) in [6, 6.07) is 1.59. The summed E-state index contributed by atoms with van der Waals surface area (Å²) in [5, 5.41) is 0. The quantitative estimate of drug-likeness (QED) is 0.856. The van der Waals surface area contributed by atoms with Gasteiger partial charge in [0.15, 0.2) is 0 Å². The molecule has 2 atom stereocenters. The average molecular weight is 291 g/mol. The van der Waals surface area contributed by atoms with Crippen LogP contribution in [0.1, 0.15) is 42.9 Å². The van der Waals surface area contributed by atoms with Gasteiger partial charge in [0.25, 0.3) is 0 Å². The topological polar surface area (TPSA) is 35.2 Å². The standard InChI is InChI=1S/C14H17F4NO/c15-9-3-5-12(14(16,17)18)11(8-9)13(19)6-4-10-2-1-7-20-10/h3,5,8,10,13H,1-2,4,6-7,19H2. The van der Waals surface area contributed by atoms with E-state index in [4.69, 9.17) is 10.5 Å². The molecule has 2 rings (SSSR count). The lowest BCUT2D eigenvalue weighted by Gasteiger charge is -2.19. The molecular formula is C14H17F4NO. The van der Waals surface area contributed by atoms with Crippen molar-refractivity contribution in [1.82, 2.24) is 0 Å². The van der Waals surface area contributed by atoms with E-state index in [-0.39, 0.29) is 11.7 Å². The molecule has 1 aromatic rings. The van der Waals surface area contributed by atoms with Crippen molar-refractivity contribution in [1.29, 1.82) is 0 Å². The van der Waals surface area contributed by atoms with Gasteiger partial charge < -0.3 is 10.5 Å². The number of nitrogens with two attached hydrogens (primary N) is 1. The first-order valence-electron chi connectivity index (χ1n) is 6.62. The number of ether oxygens (including phenoxy) is 1. The zero-order valence-electron chi connectivity index (χ0n) is 10.9. The van der Waals surface area contributed by atoms with Crippen molar-refractivity contribution in [2.24, 2.45) is 5.73 Å². The molecule has 1 aliphatic heterocycles. The molecule has 2 N–H and O–H groups in total. The van der Waals surface area contributed by atoms with E-state index in [1.807, 2.05) is 0 Å². The first-order chi connectivity index (χ1) is 9.38. The number of alkyl halides is 3. The Kier molecular flexibility index (Phi) is 4.65. The third kappa shape index (κ3) is 3.70. The molecule has 1 aromatic carbocycles. The second kappa shape index (κ2) is 6.10. The Morgan fingerprint density at radius 3 is 2.70 bits per heavy atom. The summed E-state index contributed by atoms with van der Waals surface area (Å²) in [4.78, 5) is 0. The summed E-state index contributed by atoms with van der Waals surface area (Å²) in [6.07, 6.45) is -1.66. The minimum atomic E-state index is -4.52. The minimum Gasteiger partial charge on any atom is -0.378 e. The van der Waals surface area contributed by atoms with Crippen molar-refractivity contribution in [3.05, 3.63) is 35.1 Å². The fourth-order valence-electron chi connectivity index (χ4n) is 2.49. The smallest absolute Gasteiger partial charge is 0.378 e. The normalized spacial score (nSPS) is 21.1. The van der Waals surface area contributed by atoms with Crippen molar-refractivity contribution >= 4 is 0 Å². The monoisotopic (exact) mass is 291 g/mol. The molecule has 1 aliphatic rings. The van der Waals surface area contributed by atoms with Crippen LogP contribution in [-0.4, -0.2) is 12.7 Å². The lowest BCUT2D eigenvalue weighted by Crippen LogP contribution is -2.19. The highest BCUT2D eigenvalue weighted by Crippen LogP contribution is 2.36. The molecule has 20 heavy (non-hydrogen) atoms. The Labute approximate surface area is 114 Å². The lowest BCUT2D eigenvalue weighted by atomic mass is 9.95. The lowest BCUT2D eigenvalue weighted by molar-refractivity contribution is -0.138. The van der Waals surface area contributed by atoms with E-state index >= 15 is 0 Å². The molecule has 0 radical (unpaired) electrons. The van der Waals surface area contributed by atoms with E-state index in [9.17, 15) is 17.6 Å². The van der Waals surface area contributed by atoms with Crippen molar-refractivity contribution in [3.63, 3.8) is 0 Å².